The lowest BCUT2D eigenvalue weighted by Crippen LogP contribution is -2.52. The Bertz CT molecular complexity index is 420. The lowest BCUT2D eigenvalue weighted by molar-refractivity contribution is 0.0507. The molecule has 2 bridgehead atoms. The van der Waals surface area contributed by atoms with E-state index < -0.39 is 0 Å². The third-order valence-corrected chi connectivity index (χ3v) is 4.21. The highest BCUT2D eigenvalue weighted by Gasteiger charge is 2.34. The maximum atomic E-state index is 12.3. The zero-order valence-electron chi connectivity index (χ0n) is 9.49. The van der Waals surface area contributed by atoms with Crippen LogP contribution in [0.5, 0.6) is 0 Å². The van der Waals surface area contributed by atoms with Crippen molar-refractivity contribution in [2.24, 2.45) is 11.8 Å². The Hall–Kier alpha value is -0.810. The number of nitrogens with zero attached hydrogens (tertiary/aromatic N) is 1. The fourth-order valence-corrected chi connectivity index (χ4v) is 3.23. The highest BCUT2D eigenvalue weighted by atomic mass is 79.9. The Labute approximate surface area is 108 Å². The third kappa shape index (κ3) is 2.13. The Morgan fingerprint density at radius 2 is 2.12 bits per heavy atom. The van der Waals surface area contributed by atoms with Crippen molar-refractivity contribution in [3.63, 3.8) is 0 Å². The van der Waals surface area contributed by atoms with Gasteiger partial charge in [-0.25, -0.2) is 0 Å². The molecule has 3 heterocycles. The highest BCUT2D eigenvalue weighted by Crippen LogP contribution is 2.27. The summed E-state index contributed by atoms with van der Waals surface area (Å²) in [5.74, 6) is 1.64. The van der Waals surface area contributed by atoms with Crippen LogP contribution in [0.1, 0.15) is 17.0 Å². The summed E-state index contributed by atoms with van der Waals surface area (Å²) in [6, 6.07) is 1.76. The normalized spacial score (nSPS) is 28.2. The summed E-state index contributed by atoms with van der Waals surface area (Å²) in [5.41, 5.74) is 0. The quantitative estimate of drug-likeness (QED) is 0.859. The predicted octanol–water partition coefficient (Wildman–Crippen LogP) is 1.72. The average molecular weight is 299 g/mol. The molecule has 0 aliphatic carbocycles. The first-order valence-electron chi connectivity index (χ1n) is 5.97. The van der Waals surface area contributed by atoms with E-state index in [4.69, 9.17) is 4.42 Å². The number of furan rings is 1. The number of carbonyl (C=O) groups excluding carboxylic acids is 1. The molecular weight excluding hydrogens is 284 g/mol. The molecule has 0 unspecified atom stereocenters. The number of nitrogens with one attached hydrogen (secondary N) is 1. The molecular formula is C12H15BrN2O2. The van der Waals surface area contributed by atoms with Crippen molar-refractivity contribution < 1.29 is 9.21 Å². The van der Waals surface area contributed by atoms with Crippen LogP contribution in [-0.2, 0) is 0 Å². The summed E-state index contributed by atoms with van der Waals surface area (Å²) in [7, 11) is 0. The van der Waals surface area contributed by atoms with Gasteiger partial charge in [-0.2, -0.15) is 0 Å². The van der Waals surface area contributed by atoms with E-state index in [-0.39, 0.29) is 5.91 Å². The molecule has 4 nitrogen and oxygen atoms in total. The van der Waals surface area contributed by atoms with Crippen molar-refractivity contribution in [1.29, 1.82) is 0 Å². The van der Waals surface area contributed by atoms with Gasteiger partial charge >= 0.3 is 0 Å². The van der Waals surface area contributed by atoms with E-state index in [1.165, 1.54) is 6.42 Å². The summed E-state index contributed by atoms with van der Waals surface area (Å²) in [4.78, 5) is 14.2. The summed E-state index contributed by atoms with van der Waals surface area (Å²) in [5, 5.41) is 3.42. The van der Waals surface area contributed by atoms with E-state index in [1.807, 2.05) is 4.90 Å². The minimum absolute atomic E-state index is 0.0125. The van der Waals surface area contributed by atoms with Crippen LogP contribution in [-0.4, -0.2) is 37.0 Å². The topological polar surface area (TPSA) is 45.5 Å². The number of hydrogen-bond donors (Lipinski definition) is 1. The maximum Gasteiger partial charge on any atom is 0.290 e. The number of piperidine rings is 2. The van der Waals surface area contributed by atoms with Crippen molar-refractivity contribution in [2.75, 3.05) is 26.2 Å². The Morgan fingerprint density at radius 1 is 1.41 bits per heavy atom. The fraction of sp³-hybridized carbons (Fsp3) is 0.583. The van der Waals surface area contributed by atoms with Crippen LogP contribution in [0.4, 0.5) is 0 Å². The fourth-order valence-electron chi connectivity index (χ4n) is 2.86. The molecule has 2 atom stereocenters. The number of amides is 1. The zero-order valence-corrected chi connectivity index (χ0v) is 11.1. The zero-order chi connectivity index (χ0) is 11.8. The van der Waals surface area contributed by atoms with E-state index in [0.717, 1.165) is 30.7 Å². The van der Waals surface area contributed by atoms with Crippen LogP contribution >= 0.6 is 15.9 Å². The number of hydrogen-bond acceptors (Lipinski definition) is 3. The van der Waals surface area contributed by atoms with Crippen molar-refractivity contribution >= 4 is 21.8 Å². The standard InChI is InChI=1S/C12H15BrN2O2/c13-10-1-2-17-11(10)12(16)15-6-8-3-9(7-15)5-14-4-8/h1-2,8-9,14H,3-7H2/t8-,9+. The lowest BCUT2D eigenvalue weighted by atomic mass is 9.86. The number of likely N-dealkylation sites (tertiary alicyclic amines) is 1. The van der Waals surface area contributed by atoms with E-state index >= 15 is 0 Å². The molecule has 0 aromatic carbocycles. The van der Waals surface area contributed by atoms with Gasteiger partial charge in [0, 0.05) is 13.1 Å². The number of rotatable bonds is 1. The van der Waals surface area contributed by atoms with E-state index in [9.17, 15) is 4.79 Å². The van der Waals surface area contributed by atoms with Crippen LogP contribution in [0.2, 0.25) is 0 Å². The summed E-state index contributed by atoms with van der Waals surface area (Å²) in [6.07, 6.45) is 2.79. The minimum atomic E-state index is 0.0125. The smallest absolute Gasteiger partial charge is 0.290 e. The molecule has 17 heavy (non-hydrogen) atoms. The van der Waals surface area contributed by atoms with Gasteiger partial charge in [0.15, 0.2) is 0 Å². The molecule has 0 saturated carbocycles. The monoisotopic (exact) mass is 298 g/mol. The summed E-state index contributed by atoms with van der Waals surface area (Å²) >= 11 is 3.34. The molecule has 0 radical (unpaired) electrons. The number of carbonyl (C=O) groups is 1. The van der Waals surface area contributed by atoms with E-state index in [1.54, 1.807) is 12.3 Å². The Kier molecular flexibility index (Phi) is 2.96. The van der Waals surface area contributed by atoms with Crippen molar-refractivity contribution in [3.05, 3.63) is 22.6 Å². The second kappa shape index (κ2) is 4.46. The summed E-state index contributed by atoms with van der Waals surface area (Å²) < 4.78 is 5.99. The molecule has 2 aliphatic heterocycles. The molecule has 92 valence electrons. The van der Waals surface area contributed by atoms with Crippen molar-refractivity contribution in [1.82, 2.24) is 10.2 Å². The second-order valence-electron chi connectivity index (χ2n) is 4.93. The Morgan fingerprint density at radius 3 is 2.71 bits per heavy atom. The van der Waals surface area contributed by atoms with Gasteiger partial charge in [-0.3, -0.25) is 4.79 Å². The number of halogens is 1. The molecule has 1 aromatic rings. The van der Waals surface area contributed by atoms with E-state index in [0.29, 0.717) is 17.6 Å². The predicted molar refractivity (Wildman–Crippen MR) is 66.8 cm³/mol. The molecule has 2 aliphatic rings. The molecule has 3 rings (SSSR count). The summed E-state index contributed by atoms with van der Waals surface area (Å²) in [6.45, 7) is 3.74. The average Bonchev–Trinajstić information content (AvgIpc) is 2.74. The van der Waals surface area contributed by atoms with Gasteiger partial charge in [0.1, 0.15) is 0 Å². The maximum absolute atomic E-state index is 12.3. The largest absolute Gasteiger partial charge is 0.458 e. The first kappa shape index (κ1) is 11.3. The molecule has 1 aromatic heterocycles. The van der Waals surface area contributed by atoms with Crippen LogP contribution in [0.15, 0.2) is 21.2 Å². The molecule has 0 spiro atoms. The molecule has 1 amide bonds. The van der Waals surface area contributed by atoms with Gasteiger partial charge in [-0.1, -0.05) is 0 Å². The van der Waals surface area contributed by atoms with E-state index in [2.05, 4.69) is 21.2 Å². The van der Waals surface area contributed by atoms with Crippen LogP contribution in [0.25, 0.3) is 0 Å². The first-order valence-corrected chi connectivity index (χ1v) is 6.76. The van der Waals surface area contributed by atoms with Gasteiger partial charge in [-0.15, -0.1) is 0 Å². The Balaban J connectivity index is 1.76. The molecule has 2 saturated heterocycles. The molecule has 1 N–H and O–H groups in total. The van der Waals surface area contributed by atoms with Gasteiger partial charge in [0.25, 0.3) is 5.91 Å². The van der Waals surface area contributed by atoms with Crippen molar-refractivity contribution in [2.45, 2.75) is 6.42 Å². The first-order chi connectivity index (χ1) is 8.24. The minimum Gasteiger partial charge on any atom is -0.458 e. The highest BCUT2D eigenvalue weighted by molar-refractivity contribution is 9.10. The number of fused-ring (bicyclic) bond motifs is 2. The molecule has 5 heteroatoms. The van der Waals surface area contributed by atoms with Crippen LogP contribution < -0.4 is 5.32 Å². The van der Waals surface area contributed by atoms with Crippen molar-refractivity contribution in [3.8, 4) is 0 Å². The molecule has 2 fully saturated rings. The van der Waals surface area contributed by atoms with Gasteiger partial charge in [-0.05, 0) is 53.3 Å². The third-order valence-electron chi connectivity index (χ3n) is 3.59. The van der Waals surface area contributed by atoms with Crippen LogP contribution in [0, 0.1) is 11.8 Å². The SMILES string of the molecule is O=C(c1occc1Br)N1C[C@@H]2CNC[C@@H](C2)C1. The van der Waals surface area contributed by atoms with Gasteiger partial charge in [0.2, 0.25) is 5.76 Å². The van der Waals surface area contributed by atoms with Gasteiger partial charge in [0.05, 0.1) is 10.7 Å². The second-order valence-corrected chi connectivity index (χ2v) is 5.79. The van der Waals surface area contributed by atoms with Gasteiger partial charge < -0.3 is 14.6 Å². The van der Waals surface area contributed by atoms with Crippen LogP contribution in [0.3, 0.4) is 0 Å². The lowest BCUT2D eigenvalue weighted by Gasteiger charge is -2.41.